The average Bonchev–Trinajstić information content (AvgIpc) is 2.70. The van der Waals surface area contributed by atoms with Crippen LogP contribution in [0.4, 0.5) is 0 Å². The normalized spacial score (nSPS) is 12.4. The van der Waals surface area contributed by atoms with Gasteiger partial charge in [0.2, 0.25) is 0 Å². The van der Waals surface area contributed by atoms with Crippen molar-refractivity contribution in [1.29, 1.82) is 0 Å². The van der Waals surface area contributed by atoms with Gasteiger partial charge in [0.05, 0.1) is 24.1 Å². The van der Waals surface area contributed by atoms with Crippen molar-refractivity contribution >= 4 is 11.3 Å². The zero-order chi connectivity index (χ0) is 10.2. The first-order chi connectivity index (χ1) is 6.84. The van der Waals surface area contributed by atoms with Gasteiger partial charge in [0.1, 0.15) is 0 Å². The van der Waals surface area contributed by atoms with Crippen LogP contribution in [-0.4, -0.2) is 18.1 Å². The standard InChI is InChI=1S/C10H16N2OS/c1-3-13-6-4-5-11-9(2)10-7-14-8-12-10/h3,7-9,11H,1,4-6H2,2H3. The molecule has 1 unspecified atom stereocenters. The molecule has 0 saturated carbocycles. The largest absolute Gasteiger partial charge is 0.502 e. The maximum Gasteiger partial charge on any atom is 0.0885 e. The third kappa shape index (κ3) is 3.89. The molecule has 1 heterocycles. The van der Waals surface area contributed by atoms with Gasteiger partial charge in [-0.1, -0.05) is 6.58 Å². The highest BCUT2D eigenvalue weighted by atomic mass is 32.1. The van der Waals surface area contributed by atoms with Crippen LogP contribution in [0.1, 0.15) is 25.1 Å². The molecule has 0 aliphatic carbocycles. The summed E-state index contributed by atoms with van der Waals surface area (Å²) in [6.07, 6.45) is 2.46. The number of ether oxygens (including phenoxy) is 1. The lowest BCUT2D eigenvalue weighted by molar-refractivity contribution is 0.243. The van der Waals surface area contributed by atoms with Crippen molar-refractivity contribution < 1.29 is 4.74 Å². The van der Waals surface area contributed by atoms with Crippen LogP contribution in [0, 0.1) is 0 Å². The fraction of sp³-hybridized carbons (Fsp3) is 0.500. The van der Waals surface area contributed by atoms with Gasteiger partial charge < -0.3 is 10.1 Å². The number of aromatic nitrogens is 1. The molecule has 1 N–H and O–H groups in total. The quantitative estimate of drug-likeness (QED) is 0.556. The van der Waals surface area contributed by atoms with Crippen molar-refractivity contribution in [3.8, 4) is 0 Å². The third-order valence-corrected chi connectivity index (χ3v) is 2.51. The van der Waals surface area contributed by atoms with Crippen LogP contribution in [0.15, 0.2) is 23.7 Å². The van der Waals surface area contributed by atoms with Crippen LogP contribution >= 0.6 is 11.3 Å². The second-order valence-corrected chi connectivity index (χ2v) is 3.70. The molecule has 0 aromatic carbocycles. The molecule has 0 aliphatic rings. The Hall–Kier alpha value is -0.870. The molecule has 0 radical (unpaired) electrons. The number of thiazole rings is 1. The smallest absolute Gasteiger partial charge is 0.0885 e. The van der Waals surface area contributed by atoms with Gasteiger partial charge in [0, 0.05) is 11.4 Å². The van der Waals surface area contributed by atoms with Crippen LogP contribution in [0.25, 0.3) is 0 Å². The van der Waals surface area contributed by atoms with E-state index in [1.807, 2.05) is 5.51 Å². The van der Waals surface area contributed by atoms with E-state index in [-0.39, 0.29) is 0 Å². The molecule has 1 aromatic heterocycles. The number of nitrogens with one attached hydrogen (secondary N) is 1. The Kier molecular flexibility index (Phi) is 5.25. The maximum absolute atomic E-state index is 5.02. The van der Waals surface area contributed by atoms with Crippen LogP contribution < -0.4 is 5.32 Å². The van der Waals surface area contributed by atoms with Crippen molar-refractivity contribution in [3.05, 3.63) is 29.4 Å². The Morgan fingerprint density at radius 1 is 1.79 bits per heavy atom. The molecule has 0 aliphatic heterocycles. The maximum atomic E-state index is 5.02. The van der Waals surface area contributed by atoms with Gasteiger partial charge in [0.25, 0.3) is 0 Å². The summed E-state index contributed by atoms with van der Waals surface area (Å²) < 4.78 is 5.02. The number of rotatable bonds is 7. The van der Waals surface area contributed by atoms with Crippen molar-refractivity contribution in [3.63, 3.8) is 0 Å². The Labute approximate surface area is 88.8 Å². The summed E-state index contributed by atoms with van der Waals surface area (Å²) in [6.45, 7) is 7.26. The van der Waals surface area contributed by atoms with Gasteiger partial charge in [-0.3, -0.25) is 0 Å². The van der Waals surface area contributed by atoms with Crippen molar-refractivity contribution in [2.75, 3.05) is 13.2 Å². The highest BCUT2D eigenvalue weighted by Gasteiger charge is 2.04. The molecule has 0 spiro atoms. The van der Waals surface area contributed by atoms with E-state index < -0.39 is 0 Å². The molecular formula is C10H16N2OS. The number of nitrogens with zero attached hydrogens (tertiary/aromatic N) is 1. The summed E-state index contributed by atoms with van der Waals surface area (Å²) in [5, 5.41) is 5.44. The molecule has 0 bridgehead atoms. The Balaban J connectivity index is 2.10. The summed E-state index contributed by atoms with van der Waals surface area (Å²) >= 11 is 1.63. The molecular weight excluding hydrogens is 196 g/mol. The lowest BCUT2D eigenvalue weighted by Gasteiger charge is -2.10. The van der Waals surface area contributed by atoms with Gasteiger partial charge in [-0.15, -0.1) is 11.3 Å². The molecule has 1 aromatic rings. The molecule has 14 heavy (non-hydrogen) atoms. The van der Waals surface area contributed by atoms with E-state index in [2.05, 4.69) is 29.2 Å². The Morgan fingerprint density at radius 3 is 3.29 bits per heavy atom. The van der Waals surface area contributed by atoms with Crippen LogP contribution in [0.3, 0.4) is 0 Å². The number of hydrogen-bond donors (Lipinski definition) is 1. The van der Waals surface area contributed by atoms with Crippen molar-refractivity contribution in [1.82, 2.24) is 10.3 Å². The highest BCUT2D eigenvalue weighted by Crippen LogP contribution is 2.11. The SMILES string of the molecule is C=COCCCNC(C)c1cscn1. The second-order valence-electron chi connectivity index (χ2n) is 2.98. The predicted octanol–water partition coefficient (Wildman–Crippen LogP) is 2.34. The van der Waals surface area contributed by atoms with Gasteiger partial charge in [-0.2, -0.15) is 0 Å². The fourth-order valence-corrected chi connectivity index (χ4v) is 1.75. The Morgan fingerprint density at radius 2 is 2.64 bits per heavy atom. The van der Waals surface area contributed by atoms with E-state index in [0.29, 0.717) is 6.04 Å². The van der Waals surface area contributed by atoms with E-state index in [0.717, 1.165) is 25.3 Å². The summed E-state index contributed by atoms with van der Waals surface area (Å²) in [5.74, 6) is 0. The first-order valence-corrected chi connectivity index (χ1v) is 5.63. The Bertz CT molecular complexity index is 249. The number of hydrogen-bond acceptors (Lipinski definition) is 4. The zero-order valence-corrected chi connectivity index (χ0v) is 9.22. The first-order valence-electron chi connectivity index (χ1n) is 4.68. The topological polar surface area (TPSA) is 34.1 Å². The predicted molar refractivity (Wildman–Crippen MR) is 59.3 cm³/mol. The monoisotopic (exact) mass is 212 g/mol. The minimum Gasteiger partial charge on any atom is -0.502 e. The highest BCUT2D eigenvalue weighted by molar-refractivity contribution is 7.07. The first kappa shape index (κ1) is 11.2. The van der Waals surface area contributed by atoms with Gasteiger partial charge in [-0.25, -0.2) is 4.98 Å². The minimum atomic E-state index is 0.324. The summed E-state index contributed by atoms with van der Waals surface area (Å²) in [5.41, 5.74) is 2.97. The molecule has 0 fully saturated rings. The molecule has 0 amide bonds. The molecule has 78 valence electrons. The van der Waals surface area contributed by atoms with Crippen LogP contribution in [0.2, 0.25) is 0 Å². The lowest BCUT2D eigenvalue weighted by Crippen LogP contribution is -2.20. The summed E-state index contributed by atoms with van der Waals surface area (Å²) in [4.78, 5) is 4.24. The minimum absolute atomic E-state index is 0.324. The van der Waals surface area contributed by atoms with E-state index in [9.17, 15) is 0 Å². The van der Waals surface area contributed by atoms with Crippen LogP contribution in [0.5, 0.6) is 0 Å². The molecule has 1 rings (SSSR count). The summed E-state index contributed by atoms with van der Waals surface area (Å²) in [6, 6.07) is 0.324. The molecule has 3 nitrogen and oxygen atoms in total. The van der Waals surface area contributed by atoms with Crippen molar-refractivity contribution in [2.45, 2.75) is 19.4 Å². The van der Waals surface area contributed by atoms with Gasteiger partial charge in [-0.05, 0) is 19.9 Å². The van der Waals surface area contributed by atoms with Gasteiger partial charge in [0.15, 0.2) is 0 Å². The van der Waals surface area contributed by atoms with Crippen molar-refractivity contribution in [2.24, 2.45) is 0 Å². The van der Waals surface area contributed by atoms with Crippen LogP contribution in [-0.2, 0) is 4.74 Å². The van der Waals surface area contributed by atoms with E-state index in [4.69, 9.17) is 4.74 Å². The van der Waals surface area contributed by atoms with Gasteiger partial charge >= 0.3 is 0 Å². The molecule has 1 atom stereocenters. The zero-order valence-electron chi connectivity index (χ0n) is 8.40. The van der Waals surface area contributed by atoms with E-state index in [1.54, 1.807) is 11.3 Å². The van der Waals surface area contributed by atoms with E-state index >= 15 is 0 Å². The fourth-order valence-electron chi connectivity index (χ4n) is 1.10. The lowest BCUT2D eigenvalue weighted by atomic mass is 10.2. The third-order valence-electron chi connectivity index (χ3n) is 1.90. The van der Waals surface area contributed by atoms with E-state index in [1.165, 1.54) is 6.26 Å². The second kappa shape index (κ2) is 6.56. The molecule has 4 heteroatoms. The average molecular weight is 212 g/mol. The molecule has 0 saturated heterocycles. The summed E-state index contributed by atoms with van der Waals surface area (Å²) in [7, 11) is 0.